The Morgan fingerprint density at radius 1 is 1.31 bits per heavy atom. The van der Waals surface area contributed by atoms with Gasteiger partial charge in [0.15, 0.2) is 0 Å². The molecule has 32 heavy (non-hydrogen) atoms. The fraction of sp³-hybridized carbons (Fsp3) is 0.696. The number of ether oxygens (including phenoxy) is 2. The molecule has 0 saturated heterocycles. The van der Waals surface area contributed by atoms with Crippen LogP contribution in [-0.4, -0.2) is 81.2 Å². The molecule has 1 aliphatic carbocycles. The zero-order valence-electron chi connectivity index (χ0n) is 19.8. The van der Waals surface area contributed by atoms with Crippen LogP contribution in [0, 0.1) is 12.3 Å². The Kier molecular flexibility index (Phi) is 7.54. The number of nitrogens with zero attached hydrogens (tertiary/aromatic N) is 2. The van der Waals surface area contributed by atoms with Crippen LogP contribution >= 0.6 is 0 Å². The van der Waals surface area contributed by atoms with Gasteiger partial charge in [0.25, 0.3) is 0 Å². The van der Waals surface area contributed by atoms with E-state index in [0.717, 1.165) is 18.4 Å². The van der Waals surface area contributed by atoms with E-state index < -0.39 is 16.1 Å². The maximum absolute atomic E-state index is 13.1. The van der Waals surface area contributed by atoms with Crippen molar-refractivity contribution < 1.29 is 27.8 Å². The smallest absolute Gasteiger partial charge is 0.248 e. The van der Waals surface area contributed by atoms with Crippen LogP contribution in [-0.2, 0) is 26.0 Å². The molecule has 1 amide bonds. The average Bonchev–Trinajstić information content (AvgIpc) is 2.69. The fourth-order valence-electron chi connectivity index (χ4n) is 4.98. The van der Waals surface area contributed by atoms with E-state index in [1.165, 1.54) is 4.31 Å². The normalized spacial score (nSPS) is 24.6. The van der Waals surface area contributed by atoms with Crippen LogP contribution in [0.2, 0.25) is 0 Å². The van der Waals surface area contributed by atoms with Crippen molar-refractivity contribution in [3.63, 3.8) is 0 Å². The third-order valence-corrected chi connectivity index (χ3v) is 8.71. The van der Waals surface area contributed by atoms with E-state index in [9.17, 15) is 18.3 Å². The van der Waals surface area contributed by atoms with Crippen molar-refractivity contribution >= 4 is 15.9 Å². The van der Waals surface area contributed by atoms with Gasteiger partial charge in [-0.25, -0.2) is 8.42 Å². The molecule has 1 fully saturated rings. The Morgan fingerprint density at radius 3 is 2.69 bits per heavy atom. The van der Waals surface area contributed by atoms with Gasteiger partial charge in [-0.2, -0.15) is 4.31 Å². The van der Waals surface area contributed by atoms with E-state index in [2.05, 4.69) is 13.8 Å². The maximum Gasteiger partial charge on any atom is 0.248 e. The number of carbonyl (C=O) groups excluding carboxylic acids is 1. The first-order chi connectivity index (χ1) is 14.9. The minimum absolute atomic E-state index is 0.0151. The molecular formula is C23H36N2O6S. The third kappa shape index (κ3) is 5.44. The number of carbonyl (C=O) groups is 1. The molecule has 2 atom stereocenters. The largest absolute Gasteiger partial charge is 0.497 e. The number of aliphatic hydroxyl groups excluding tert-OH is 1. The predicted octanol–water partition coefficient (Wildman–Crippen LogP) is 1.97. The molecule has 2 aliphatic rings. The van der Waals surface area contributed by atoms with Crippen LogP contribution < -0.4 is 4.74 Å². The van der Waals surface area contributed by atoms with E-state index in [4.69, 9.17) is 9.47 Å². The summed E-state index contributed by atoms with van der Waals surface area (Å²) >= 11 is 0. The van der Waals surface area contributed by atoms with Crippen molar-refractivity contribution in [3.8, 4) is 5.75 Å². The first-order valence-corrected chi connectivity index (χ1v) is 12.6. The highest BCUT2D eigenvalue weighted by atomic mass is 32.2. The number of likely N-dealkylation sites (N-methyl/N-ethyl adjacent to an activating group) is 1. The first-order valence-electron chi connectivity index (χ1n) is 11.1. The van der Waals surface area contributed by atoms with Crippen molar-refractivity contribution in [1.29, 1.82) is 0 Å². The summed E-state index contributed by atoms with van der Waals surface area (Å²) in [5.41, 5.74) is 1.42. The zero-order chi connectivity index (χ0) is 23.7. The summed E-state index contributed by atoms with van der Waals surface area (Å²) < 4.78 is 38.4. The van der Waals surface area contributed by atoms with Crippen LogP contribution in [0.25, 0.3) is 0 Å². The van der Waals surface area contributed by atoms with Gasteiger partial charge in [-0.3, -0.25) is 4.79 Å². The molecule has 180 valence electrons. The minimum Gasteiger partial charge on any atom is -0.497 e. The minimum atomic E-state index is -3.62. The number of benzene rings is 1. The number of methoxy groups -OCH3 is 1. The Balaban J connectivity index is 1.53. The van der Waals surface area contributed by atoms with Gasteiger partial charge in [0.2, 0.25) is 15.9 Å². The summed E-state index contributed by atoms with van der Waals surface area (Å²) in [5, 5.41) is 10.1. The monoisotopic (exact) mass is 468 g/mol. The highest BCUT2D eigenvalue weighted by molar-refractivity contribution is 7.89. The van der Waals surface area contributed by atoms with E-state index in [1.54, 1.807) is 38.1 Å². The molecule has 0 radical (unpaired) electrons. The van der Waals surface area contributed by atoms with Crippen LogP contribution in [0.5, 0.6) is 5.75 Å². The van der Waals surface area contributed by atoms with E-state index in [-0.39, 0.29) is 37.1 Å². The first kappa shape index (κ1) is 25.0. The summed E-state index contributed by atoms with van der Waals surface area (Å²) in [4.78, 5) is 14.6. The highest BCUT2D eigenvalue weighted by Gasteiger charge is 2.36. The number of hydrogen-bond acceptors (Lipinski definition) is 6. The molecule has 0 aromatic heterocycles. The number of fused-ring (bicyclic) bond motifs is 1. The van der Waals surface area contributed by atoms with Crippen LogP contribution in [0.3, 0.4) is 0 Å². The Labute approximate surface area is 191 Å². The highest BCUT2D eigenvalue weighted by Crippen LogP contribution is 2.37. The molecule has 1 aliphatic heterocycles. The van der Waals surface area contributed by atoms with Crippen LogP contribution in [0.15, 0.2) is 17.0 Å². The Morgan fingerprint density at radius 2 is 2.03 bits per heavy atom. The number of sulfonamides is 1. The van der Waals surface area contributed by atoms with Crippen molar-refractivity contribution in [2.45, 2.75) is 63.5 Å². The van der Waals surface area contributed by atoms with Crippen molar-refractivity contribution in [2.75, 3.05) is 40.5 Å². The number of aryl methyl sites for hydroxylation is 1. The molecule has 2 unspecified atom stereocenters. The second-order valence-corrected chi connectivity index (χ2v) is 11.6. The Bertz CT molecular complexity index is 946. The van der Waals surface area contributed by atoms with E-state index in [1.807, 2.05) is 0 Å². The van der Waals surface area contributed by atoms with Gasteiger partial charge < -0.3 is 19.5 Å². The lowest BCUT2D eigenvalue weighted by Gasteiger charge is -2.42. The second-order valence-electron chi connectivity index (χ2n) is 9.76. The summed E-state index contributed by atoms with van der Waals surface area (Å²) in [5.74, 6) is 0.499. The molecular weight excluding hydrogens is 432 g/mol. The van der Waals surface area contributed by atoms with Gasteiger partial charge in [-0.15, -0.1) is 0 Å². The molecule has 0 spiro atoms. The third-order valence-electron chi connectivity index (χ3n) is 6.56. The number of hydrogen-bond donors (Lipinski definition) is 1. The van der Waals surface area contributed by atoms with Gasteiger partial charge in [0.1, 0.15) is 12.4 Å². The number of rotatable bonds is 7. The number of amides is 1. The van der Waals surface area contributed by atoms with Crippen LogP contribution in [0.1, 0.15) is 44.2 Å². The quantitative estimate of drug-likeness (QED) is 0.615. The van der Waals surface area contributed by atoms with E-state index >= 15 is 0 Å². The van der Waals surface area contributed by atoms with Crippen molar-refractivity contribution in [2.24, 2.45) is 5.41 Å². The lowest BCUT2D eigenvalue weighted by atomic mass is 9.73. The predicted molar refractivity (Wildman–Crippen MR) is 121 cm³/mol. The van der Waals surface area contributed by atoms with Gasteiger partial charge in [0, 0.05) is 26.2 Å². The van der Waals surface area contributed by atoms with E-state index in [0.29, 0.717) is 35.6 Å². The molecule has 1 heterocycles. The van der Waals surface area contributed by atoms with Crippen molar-refractivity contribution in [1.82, 2.24) is 9.21 Å². The molecule has 8 nitrogen and oxygen atoms in total. The maximum atomic E-state index is 13.1. The summed E-state index contributed by atoms with van der Waals surface area (Å²) in [6.07, 6.45) is 2.34. The summed E-state index contributed by atoms with van der Waals surface area (Å²) in [6.45, 7) is 6.58. The number of aliphatic hydroxyl groups is 1. The van der Waals surface area contributed by atoms with Crippen LogP contribution in [0.4, 0.5) is 0 Å². The SMILES string of the molecule is COc1cc(C)c2c(c1)CCN(CCOCC(=O)N(C)C1CC(O)CC(C)(C)C1)S2(=O)=O. The molecule has 1 aromatic carbocycles. The van der Waals surface area contributed by atoms with Crippen molar-refractivity contribution in [3.05, 3.63) is 23.3 Å². The molecule has 1 saturated carbocycles. The molecule has 3 rings (SSSR count). The average molecular weight is 469 g/mol. The van der Waals surface area contributed by atoms with Gasteiger partial charge in [-0.1, -0.05) is 13.8 Å². The topological polar surface area (TPSA) is 96.4 Å². The van der Waals surface area contributed by atoms with Gasteiger partial charge >= 0.3 is 0 Å². The summed E-state index contributed by atoms with van der Waals surface area (Å²) in [6, 6.07) is 3.49. The molecule has 9 heteroatoms. The summed E-state index contributed by atoms with van der Waals surface area (Å²) in [7, 11) is -0.306. The van der Waals surface area contributed by atoms with Gasteiger partial charge in [-0.05, 0) is 61.3 Å². The fourth-order valence-corrected chi connectivity index (χ4v) is 6.84. The zero-order valence-corrected chi connectivity index (χ0v) is 20.6. The Hall–Kier alpha value is -1.68. The molecule has 1 aromatic rings. The van der Waals surface area contributed by atoms with Gasteiger partial charge in [0.05, 0.1) is 24.7 Å². The second kappa shape index (κ2) is 9.67. The lowest BCUT2D eigenvalue weighted by Crippen LogP contribution is -2.47. The molecule has 0 bridgehead atoms. The lowest BCUT2D eigenvalue weighted by molar-refractivity contribution is -0.139. The standard InChI is InChI=1S/C23H36N2O6S/c1-16-10-20(30-5)11-17-6-7-25(32(28,29)22(16)17)8-9-31-15-21(27)24(4)18-12-19(26)14-23(2,3)13-18/h10-11,18-19,26H,6-9,12-15H2,1-5H3. The molecule has 1 N–H and O–H groups in total.